The summed E-state index contributed by atoms with van der Waals surface area (Å²) in [6, 6.07) is 7.74. The van der Waals surface area contributed by atoms with Crippen molar-refractivity contribution in [2.24, 2.45) is 10.8 Å². The number of hydrazone groups is 1. The van der Waals surface area contributed by atoms with Crippen molar-refractivity contribution in [2.45, 2.75) is 0 Å². The fourth-order valence-electron chi connectivity index (χ4n) is 1.72. The maximum absolute atomic E-state index is 11.2. The molecule has 2 rings (SSSR count). The van der Waals surface area contributed by atoms with E-state index in [1.807, 2.05) is 0 Å². The average Bonchev–Trinajstić information content (AvgIpc) is 2.94. The van der Waals surface area contributed by atoms with Gasteiger partial charge < -0.3 is 14.9 Å². The summed E-state index contributed by atoms with van der Waals surface area (Å²) >= 11 is 4.60. The van der Waals surface area contributed by atoms with Gasteiger partial charge in [0, 0.05) is 0 Å². The highest BCUT2D eigenvalue weighted by Crippen LogP contribution is 2.33. The highest BCUT2D eigenvalue weighted by atomic mass is 32.1. The second-order valence-corrected chi connectivity index (χ2v) is 4.52. The number of nitrogens with one attached hydrogen (secondary N) is 1. The van der Waals surface area contributed by atoms with Crippen LogP contribution in [0, 0.1) is 10.1 Å². The van der Waals surface area contributed by atoms with Crippen molar-refractivity contribution < 1.29 is 14.1 Å². The molecule has 0 aliphatic heterocycles. The number of hydrogen-bond acceptors (Lipinski definition) is 6. The fraction of sp³-hybridized carbons (Fsp3) is 0.0769. The molecule has 9 heteroatoms. The van der Waals surface area contributed by atoms with Crippen LogP contribution in [0.1, 0.15) is 5.76 Å². The van der Waals surface area contributed by atoms with Gasteiger partial charge in [-0.2, -0.15) is 5.10 Å². The van der Waals surface area contributed by atoms with E-state index in [0.29, 0.717) is 22.8 Å². The van der Waals surface area contributed by atoms with Crippen molar-refractivity contribution in [3.8, 4) is 17.1 Å². The summed E-state index contributed by atoms with van der Waals surface area (Å²) in [5.74, 6) is 1.12. The van der Waals surface area contributed by atoms with Crippen molar-refractivity contribution in [2.75, 3.05) is 7.11 Å². The number of benzene rings is 1. The van der Waals surface area contributed by atoms with E-state index in [1.165, 1.54) is 19.4 Å². The summed E-state index contributed by atoms with van der Waals surface area (Å²) in [5, 5.41) is 14.9. The molecule has 0 atom stereocenters. The van der Waals surface area contributed by atoms with Gasteiger partial charge >= 0.3 is 0 Å². The average molecular weight is 320 g/mol. The molecule has 0 saturated carbocycles. The number of nitrogens with zero attached hydrogens (tertiary/aromatic N) is 2. The van der Waals surface area contributed by atoms with Crippen LogP contribution in [-0.2, 0) is 0 Å². The van der Waals surface area contributed by atoms with E-state index in [0.717, 1.165) is 0 Å². The van der Waals surface area contributed by atoms with E-state index in [4.69, 9.17) is 14.9 Å². The summed E-state index contributed by atoms with van der Waals surface area (Å²) < 4.78 is 10.5. The SMILES string of the molecule is COc1ccc(-c2ccc(/C=N/NC(N)=S)o2)c([N+](=O)[O-])c1. The first-order valence-corrected chi connectivity index (χ1v) is 6.43. The normalized spacial score (nSPS) is 10.6. The molecular weight excluding hydrogens is 308 g/mol. The maximum atomic E-state index is 11.2. The van der Waals surface area contributed by atoms with Crippen molar-refractivity contribution in [1.29, 1.82) is 0 Å². The number of nitro groups is 1. The van der Waals surface area contributed by atoms with Gasteiger partial charge in [-0.3, -0.25) is 15.5 Å². The molecule has 0 unspecified atom stereocenters. The van der Waals surface area contributed by atoms with Gasteiger partial charge in [0.2, 0.25) is 0 Å². The Morgan fingerprint density at radius 2 is 2.27 bits per heavy atom. The topological polar surface area (TPSA) is 116 Å². The van der Waals surface area contributed by atoms with Crippen molar-refractivity contribution in [1.82, 2.24) is 5.43 Å². The molecule has 22 heavy (non-hydrogen) atoms. The molecule has 0 amide bonds. The first-order valence-electron chi connectivity index (χ1n) is 6.02. The number of nitrogens with two attached hydrogens (primary N) is 1. The Morgan fingerprint density at radius 3 is 2.91 bits per heavy atom. The zero-order chi connectivity index (χ0) is 16.1. The molecule has 8 nitrogen and oxygen atoms in total. The van der Waals surface area contributed by atoms with Gasteiger partial charge in [0.1, 0.15) is 17.3 Å². The quantitative estimate of drug-likeness (QED) is 0.375. The van der Waals surface area contributed by atoms with Crippen LogP contribution in [0.3, 0.4) is 0 Å². The predicted octanol–water partition coefficient (Wildman–Crippen LogP) is 2.03. The van der Waals surface area contributed by atoms with Crippen molar-refractivity contribution >= 4 is 29.2 Å². The van der Waals surface area contributed by atoms with Crippen LogP contribution >= 0.6 is 12.2 Å². The second-order valence-electron chi connectivity index (χ2n) is 4.08. The first-order chi connectivity index (χ1) is 10.5. The maximum Gasteiger partial charge on any atom is 0.284 e. The molecule has 0 spiro atoms. The lowest BCUT2D eigenvalue weighted by molar-refractivity contribution is -0.384. The van der Waals surface area contributed by atoms with Gasteiger partial charge in [-0.05, 0) is 36.5 Å². The van der Waals surface area contributed by atoms with Gasteiger partial charge in [-0.1, -0.05) is 0 Å². The molecule has 1 aromatic heterocycles. The molecule has 1 heterocycles. The van der Waals surface area contributed by atoms with E-state index in [1.54, 1.807) is 24.3 Å². The van der Waals surface area contributed by atoms with Gasteiger partial charge in [0.05, 0.1) is 29.9 Å². The second kappa shape index (κ2) is 6.68. The number of hydrogen-bond donors (Lipinski definition) is 2. The van der Waals surface area contributed by atoms with E-state index in [2.05, 4.69) is 22.7 Å². The largest absolute Gasteiger partial charge is 0.497 e. The Morgan fingerprint density at radius 1 is 1.50 bits per heavy atom. The van der Waals surface area contributed by atoms with E-state index >= 15 is 0 Å². The lowest BCUT2D eigenvalue weighted by atomic mass is 10.1. The third-order valence-electron chi connectivity index (χ3n) is 2.66. The van der Waals surface area contributed by atoms with Gasteiger partial charge in [-0.15, -0.1) is 0 Å². The Labute approximate surface area is 130 Å². The fourth-order valence-corrected chi connectivity index (χ4v) is 1.78. The minimum absolute atomic E-state index is 0.0221. The van der Waals surface area contributed by atoms with E-state index in [-0.39, 0.29) is 10.8 Å². The van der Waals surface area contributed by atoms with Crippen LogP contribution in [-0.4, -0.2) is 23.4 Å². The van der Waals surface area contributed by atoms with Crippen LogP contribution in [0.15, 0.2) is 39.9 Å². The molecule has 0 fully saturated rings. The third kappa shape index (κ3) is 3.58. The molecule has 0 saturated heterocycles. The molecule has 0 aliphatic rings. The minimum Gasteiger partial charge on any atom is -0.497 e. The molecular formula is C13H12N4O4S. The summed E-state index contributed by atoms with van der Waals surface area (Å²) in [7, 11) is 1.44. The van der Waals surface area contributed by atoms with Crippen LogP contribution in [0.4, 0.5) is 5.69 Å². The Hall–Kier alpha value is -2.94. The Kier molecular flexibility index (Phi) is 4.69. The van der Waals surface area contributed by atoms with Gasteiger partial charge in [0.15, 0.2) is 5.11 Å². The van der Waals surface area contributed by atoms with Crippen LogP contribution in [0.25, 0.3) is 11.3 Å². The summed E-state index contributed by atoms with van der Waals surface area (Å²) in [5.41, 5.74) is 7.83. The highest BCUT2D eigenvalue weighted by Gasteiger charge is 2.19. The van der Waals surface area contributed by atoms with Crippen molar-refractivity contribution in [3.63, 3.8) is 0 Å². The molecule has 2 aromatic rings. The van der Waals surface area contributed by atoms with Gasteiger partial charge in [0.25, 0.3) is 5.69 Å². The molecule has 1 aromatic carbocycles. The molecule has 0 aliphatic carbocycles. The van der Waals surface area contributed by atoms with Crippen LogP contribution in [0.2, 0.25) is 0 Å². The molecule has 114 valence electrons. The Bertz CT molecular complexity index is 741. The Balaban J connectivity index is 2.32. The minimum atomic E-state index is -0.497. The third-order valence-corrected chi connectivity index (χ3v) is 2.75. The zero-order valence-electron chi connectivity index (χ0n) is 11.5. The number of nitro benzene ring substituents is 1. The summed E-state index contributed by atoms with van der Waals surface area (Å²) in [6.07, 6.45) is 1.36. The van der Waals surface area contributed by atoms with E-state index in [9.17, 15) is 10.1 Å². The predicted molar refractivity (Wildman–Crippen MR) is 84.9 cm³/mol. The van der Waals surface area contributed by atoms with Crippen LogP contribution in [0.5, 0.6) is 5.75 Å². The highest BCUT2D eigenvalue weighted by molar-refractivity contribution is 7.80. The molecule has 3 N–H and O–H groups in total. The number of furan rings is 1. The number of methoxy groups -OCH3 is 1. The lowest BCUT2D eigenvalue weighted by Gasteiger charge is -2.03. The number of ether oxygens (including phenoxy) is 1. The zero-order valence-corrected chi connectivity index (χ0v) is 12.3. The summed E-state index contributed by atoms with van der Waals surface area (Å²) in [4.78, 5) is 10.7. The monoisotopic (exact) mass is 320 g/mol. The molecule has 0 radical (unpaired) electrons. The van der Waals surface area contributed by atoms with Crippen molar-refractivity contribution in [3.05, 3.63) is 46.2 Å². The van der Waals surface area contributed by atoms with Crippen LogP contribution < -0.4 is 15.9 Å². The first kappa shape index (κ1) is 15.4. The molecule has 0 bridgehead atoms. The number of thiocarbonyl (C=S) groups is 1. The number of rotatable bonds is 5. The smallest absolute Gasteiger partial charge is 0.284 e. The van der Waals surface area contributed by atoms with Gasteiger partial charge in [-0.25, -0.2) is 0 Å². The van der Waals surface area contributed by atoms with E-state index < -0.39 is 4.92 Å². The standard InChI is InChI=1S/C13H12N4O4S/c1-20-8-2-4-10(11(6-8)17(18)19)12-5-3-9(21-12)7-15-16-13(14)22/h2-7H,1H3,(H3,14,16,22)/b15-7+. The lowest BCUT2D eigenvalue weighted by Crippen LogP contribution is -2.23. The summed E-state index contributed by atoms with van der Waals surface area (Å²) in [6.45, 7) is 0.